The summed E-state index contributed by atoms with van der Waals surface area (Å²) in [5.74, 6) is 0.333. The minimum atomic E-state index is -0.500. The van der Waals surface area contributed by atoms with Crippen molar-refractivity contribution >= 4 is 29.7 Å². The molecule has 0 bridgehead atoms. The quantitative estimate of drug-likeness (QED) is 0.512. The van der Waals surface area contributed by atoms with Crippen LogP contribution in [0.15, 0.2) is 42.2 Å². The molecule has 0 radical (unpaired) electrons. The summed E-state index contributed by atoms with van der Waals surface area (Å²) in [4.78, 5) is 23.8. The normalized spacial score (nSPS) is 10.1. The molecule has 0 spiro atoms. The van der Waals surface area contributed by atoms with E-state index in [9.17, 15) is 9.59 Å². The molecule has 6 nitrogen and oxygen atoms in total. The number of ether oxygens (including phenoxy) is 1. The fourth-order valence-corrected chi connectivity index (χ4v) is 2.81. The van der Waals surface area contributed by atoms with Gasteiger partial charge in [0.1, 0.15) is 12.0 Å². The summed E-state index contributed by atoms with van der Waals surface area (Å²) in [6, 6.07) is 7.16. The van der Waals surface area contributed by atoms with Gasteiger partial charge in [-0.25, -0.2) is 0 Å². The van der Waals surface area contributed by atoms with Gasteiger partial charge >= 0.3 is 0 Å². The van der Waals surface area contributed by atoms with Crippen LogP contribution in [-0.2, 0) is 23.0 Å². The lowest BCUT2D eigenvalue weighted by molar-refractivity contribution is -0.107. The average molecular weight is 450 g/mol. The minimum absolute atomic E-state index is 0.0884. The summed E-state index contributed by atoms with van der Waals surface area (Å²) in [5.41, 5.74) is 2.26. The van der Waals surface area contributed by atoms with Crippen LogP contribution in [0.2, 0.25) is 5.02 Å². The van der Waals surface area contributed by atoms with Crippen LogP contribution >= 0.6 is 11.6 Å². The molecule has 0 atom stereocenters. The third kappa shape index (κ3) is 8.17. The zero-order valence-electron chi connectivity index (χ0n) is 19.0. The van der Waals surface area contributed by atoms with E-state index in [0.29, 0.717) is 33.2 Å². The molecule has 0 fully saturated rings. The molecule has 31 heavy (non-hydrogen) atoms. The molecule has 0 aliphatic carbocycles. The van der Waals surface area contributed by atoms with Gasteiger partial charge in [0.25, 0.3) is 5.56 Å². The van der Waals surface area contributed by atoms with Gasteiger partial charge in [-0.2, -0.15) is 0 Å². The van der Waals surface area contributed by atoms with Crippen molar-refractivity contribution in [1.29, 1.82) is 0 Å². The Balaban J connectivity index is 0.00000113. The third-order valence-electron chi connectivity index (χ3n) is 3.89. The summed E-state index contributed by atoms with van der Waals surface area (Å²) in [7, 11) is 4.12. The maximum Gasteiger partial charge on any atom is 0.258 e. The average Bonchev–Trinajstić information content (AvgIpc) is 2.72. The van der Waals surface area contributed by atoms with Crippen molar-refractivity contribution in [2.24, 2.45) is 7.05 Å². The van der Waals surface area contributed by atoms with Crippen LogP contribution < -0.4 is 5.56 Å². The van der Waals surface area contributed by atoms with E-state index in [0.717, 1.165) is 19.0 Å². The number of aldehydes is 1. The van der Waals surface area contributed by atoms with E-state index in [4.69, 9.17) is 26.6 Å². The molecule has 0 saturated heterocycles. The second kappa shape index (κ2) is 12.9. The van der Waals surface area contributed by atoms with Gasteiger partial charge in [-0.3, -0.25) is 4.79 Å². The predicted molar refractivity (Wildman–Crippen MR) is 128 cm³/mol. The fraction of sp³-hybridized carbons (Fsp3) is 0.333. The number of nitrogens with zero attached hydrogens (tertiary/aromatic N) is 1. The van der Waals surface area contributed by atoms with Crippen molar-refractivity contribution in [1.82, 2.24) is 4.57 Å². The number of halogens is 1. The Kier molecular flexibility index (Phi) is 11.8. The van der Waals surface area contributed by atoms with Crippen molar-refractivity contribution in [2.45, 2.75) is 32.8 Å². The molecule has 0 aliphatic rings. The van der Waals surface area contributed by atoms with Gasteiger partial charge in [0.2, 0.25) is 0 Å². The van der Waals surface area contributed by atoms with Crippen molar-refractivity contribution in [2.75, 3.05) is 14.2 Å². The lowest BCUT2D eigenvalue weighted by Gasteiger charge is -2.20. The molecule has 2 rings (SSSR count). The molecule has 7 heteroatoms. The van der Waals surface area contributed by atoms with Gasteiger partial charge in [-0.1, -0.05) is 43.0 Å². The van der Waals surface area contributed by atoms with Crippen LogP contribution in [0.3, 0.4) is 0 Å². The Hall–Kier alpha value is -2.67. The van der Waals surface area contributed by atoms with Crippen molar-refractivity contribution in [3.63, 3.8) is 0 Å². The Morgan fingerprint density at radius 2 is 1.71 bits per heavy atom. The van der Waals surface area contributed by atoms with E-state index in [-0.39, 0.29) is 12.0 Å². The van der Waals surface area contributed by atoms with E-state index in [1.54, 1.807) is 40.0 Å². The van der Waals surface area contributed by atoms with Crippen LogP contribution in [0.25, 0.3) is 23.0 Å². The highest BCUT2D eigenvalue weighted by Crippen LogP contribution is 2.34. The first-order valence-corrected chi connectivity index (χ1v) is 9.82. The number of carbonyl (C=O) groups excluding carboxylic acids is 1. The van der Waals surface area contributed by atoms with Crippen LogP contribution in [0.5, 0.6) is 0 Å². The van der Waals surface area contributed by atoms with Gasteiger partial charge in [-0.05, 0) is 38.5 Å². The maximum absolute atomic E-state index is 12.6. The maximum atomic E-state index is 12.6. The second-order valence-corrected chi connectivity index (χ2v) is 7.79. The van der Waals surface area contributed by atoms with E-state index in [1.165, 1.54) is 17.8 Å². The molecule has 1 heterocycles. The summed E-state index contributed by atoms with van der Waals surface area (Å²) in [6.45, 7) is 12.9. The van der Waals surface area contributed by atoms with Crippen LogP contribution in [0.1, 0.15) is 37.6 Å². The van der Waals surface area contributed by atoms with Crippen LogP contribution in [0, 0.1) is 0 Å². The second-order valence-electron chi connectivity index (χ2n) is 7.35. The number of hydrogen-bond acceptors (Lipinski definition) is 5. The number of rotatable bonds is 6. The van der Waals surface area contributed by atoms with Crippen LogP contribution in [0.4, 0.5) is 0 Å². The molecule has 0 saturated carbocycles. The Morgan fingerprint density at radius 1 is 1.23 bits per heavy atom. The van der Waals surface area contributed by atoms with E-state index in [2.05, 4.69) is 13.2 Å². The molecule has 0 unspecified atom stereocenters. The molecule has 170 valence electrons. The Morgan fingerprint density at radius 3 is 2.10 bits per heavy atom. The Bertz CT molecular complexity index is 948. The number of aromatic nitrogens is 1. The highest BCUT2D eigenvalue weighted by Gasteiger charge is 2.22. The summed E-state index contributed by atoms with van der Waals surface area (Å²) in [6.07, 6.45) is 2.33. The predicted octanol–water partition coefficient (Wildman–Crippen LogP) is 4.09. The zero-order chi connectivity index (χ0) is 24.4. The van der Waals surface area contributed by atoms with Crippen molar-refractivity contribution in [3.05, 3.63) is 69.6 Å². The van der Waals surface area contributed by atoms with E-state index in [1.807, 2.05) is 12.1 Å². The van der Waals surface area contributed by atoms with Gasteiger partial charge in [0.15, 0.2) is 0 Å². The molecule has 2 N–H and O–H groups in total. The molecular formula is C24H32ClNO5. The fourth-order valence-electron chi connectivity index (χ4n) is 2.68. The minimum Gasteiger partial charge on any atom is -0.497 e. The van der Waals surface area contributed by atoms with Crippen molar-refractivity contribution < 1.29 is 19.7 Å². The SMILES string of the molecule is C=Cc1c(C(=C)OC)c(-c2ccc(Cl)cc2)c(CC=O)n(C)c1=O.CC(C)(C)O.CO. The number of carbonyl (C=O) groups is 1. The van der Waals surface area contributed by atoms with Crippen LogP contribution in [-0.4, -0.2) is 40.9 Å². The van der Waals surface area contributed by atoms with Crippen molar-refractivity contribution in [3.8, 4) is 11.1 Å². The van der Waals surface area contributed by atoms with Gasteiger partial charge in [-0.15, -0.1) is 0 Å². The first-order valence-electron chi connectivity index (χ1n) is 9.44. The first kappa shape index (κ1) is 28.3. The highest BCUT2D eigenvalue weighted by molar-refractivity contribution is 6.30. The first-order chi connectivity index (χ1) is 14.5. The summed E-state index contributed by atoms with van der Waals surface area (Å²) in [5, 5.41) is 16.1. The smallest absolute Gasteiger partial charge is 0.258 e. The molecule has 0 aliphatic heterocycles. The molecule has 0 amide bonds. The standard InChI is InChI=1S/C19H18ClNO3.C4H10O.CH4O/c1-5-15-17(12(2)24-4)18(13-6-8-14(20)9-7-13)16(10-11-22)21(3)19(15)23;1-4(2,3)5;1-2/h5-9,11H,1-2,10H2,3-4H3;5H,1-3H3;2H,1H3. The highest BCUT2D eigenvalue weighted by atomic mass is 35.5. The molecular weight excluding hydrogens is 418 g/mol. The Labute approximate surface area is 189 Å². The molecule has 1 aromatic heterocycles. The largest absolute Gasteiger partial charge is 0.497 e. The monoisotopic (exact) mass is 449 g/mol. The number of pyridine rings is 1. The number of methoxy groups -OCH3 is 1. The van der Waals surface area contributed by atoms with E-state index >= 15 is 0 Å². The number of hydrogen-bond donors (Lipinski definition) is 2. The number of aliphatic hydroxyl groups is 2. The zero-order valence-corrected chi connectivity index (χ0v) is 19.8. The van der Waals surface area contributed by atoms with Gasteiger partial charge < -0.3 is 24.3 Å². The number of benzene rings is 1. The topological polar surface area (TPSA) is 88.8 Å². The van der Waals surface area contributed by atoms with E-state index < -0.39 is 5.60 Å². The lowest BCUT2D eigenvalue weighted by Crippen LogP contribution is -2.26. The summed E-state index contributed by atoms with van der Waals surface area (Å²) < 4.78 is 6.75. The number of aliphatic hydroxyl groups excluding tert-OH is 1. The molecule has 1 aromatic carbocycles. The summed E-state index contributed by atoms with van der Waals surface area (Å²) >= 11 is 5.97. The van der Waals surface area contributed by atoms with Gasteiger partial charge in [0, 0.05) is 42.4 Å². The third-order valence-corrected chi connectivity index (χ3v) is 4.14. The lowest BCUT2D eigenvalue weighted by atomic mass is 9.92. The molecule has 2 aromatic rings. The van der Waals surface area contributed by atoms with Gasteiger partial charge in [0.05, 0.1) is 18.3 Å².